The molecule has 1 rings (SSSR count). The standard InChI is InChI=1S/C10H19N7O/c1-7-6-8(15-9(14-7)16-11)12-4-5-13-10(18)17(2)3/h6H,4-5,11H2,1-3H3,(H,13,18)(H2,12,14,15,16). The van der Waals surface area contributed by atoms with Gasteiger partial charge in [-0.05, 0) is 6.92 Å². The molecular weight excluding hydrogens is 234 g/mol. The van der Waals surface area contributed by atoms with Crippen LogP contribution in [-0.4, -0.2) is 48.1 Å². The third-order valence-corrected chi connectivity index (χ3v) is 2.10. The minimum absolute atomic E-state index is 0.125. The third-order valence-electron chi connectivity index (χ3n) is 2.10. The predicted molar refractivity (Wildman–Crippen MR) is 70.2 cm³/mol. The highest BCUT2D eigenvalue weighted by Gasteiger charge is 2.02. The molecule has 0 aliphatic rings. The molecule has 0 bridgehead atoms. The lowest BCUT2D eigenvalue weighted by Gasteiger charge is -2.12. The normalized spacial score (nSPS) is 9.78. The Hall–Kier alpha value is -2.09. The molecule has 0 saturated carbocycles. The van der Waals surface area contributed by atoms with Crippen molar-refractivity contribution in [2.24, 2.45) is 5.84 Å². The molecule has 2 amide bonds. The molecule has 0 aromatic carbocycles. The van der Waals surface area contributed by atoms with Gasteiger partial charge in [0.15, 0.2) is 0 Å². The number of aromatic nitrogens is 2. The smallest absolute Gasteiger partial charge is 0.316 e. The second-order valence-electron chi connectivity index (χ2n) is 3.92. The maximum absolute atomic E-state index is 11.2. The van der Waals surface area contributed by atoms with E-state index in [1.807, 2.05) is 6.92 Å². The zero-order valence-corrected chi connectivity index (χ0v) is 10.8. The summed E-state index contributed by atoms with van der Waals surface area (Å²) in [6.45, 7) is 2.92. The largest absolute Gasteiger partial charge is 0.368 e. The summed E-state index contributed by atoms with van der Waals surface area (Å²) in [5, 5.41) is 5.81. The number of nitrogen functional groups attached to an aromatic ring is 1. The fourth-order valence-corrected chi connectivity index (χ4v) is 1.24. The average Bonchev–Trinajstić information content (AvgIpc) is 2.33. The number of aryl methyl sites for hydroxylation is 1. The van der Waals surface area contributed by atoms with Crippen molar-refractivity contribution in [3.8, 4) is 0 Å². The van der Waals surface area contributed by atoms with Crippen LogP contribution in [0.5, 0.6) is 0 Å². The van der Waals surface area contributed by atoms with Gasteiger partial charge in [-0.25, -0.2) is 15.6 Å². The van der Waals surface area contributed by atoms with Crippen LogP contribution in [0.2, 0.25) is 0 Å². The summed E-state index contributed by atoms with van der Waals surface area (Å²) >= 11 is 0. The second kappa shape index (κ2) is 6.60. The molecule has 1 aromatic heterocycles. The number of carbonyl (C=O) groups excluding carboxylic acids is 1. The van der Waals surface area contributed by atoms with Crippen LogP contribution in [0, 0.1) is 6.92 Å². The lowest BCUT2D eigenvalue weighted by molar-refractivity contribution is 0.218. The Morgan fingerprint density at radius 1 is 1.39 bits per heavy atom. The first-order valence-electron chi connectivity index (χ1n) is 5.54. The van der Waals surface area contributed by atoms with E-state index < -0.39 is 0 Å². The van der Waals surface area contributed by atoms with Crippen LogP contribution in [0.15, 0.2) is 6.07 Å². The van der Waals surface area contributed by atoms with Crippen LogP contribution >= 0.6 is 0 Å². The number of anilines is 2. The molecule has 0 aliphatic carbocycles. The van der Waals surface area contributed by atoms with Gasteiger partial charge in [-0.15, -0.1) is 0 Å². The van der Waals surface area contributed by atoms with E-state index in [-0.39, 0.29) is 6.03 Å². The van der Waals surface area contributed by atoms with Gasteiger partial charge in [-0.3, -0.25) is 5.43 Å². The highest BCUT2D eigenvalue weighted by atomic mass is 16.2. The predicted octanol–water partition coefficient (Wildman–Crippen LogP) is -0.246. The zero-order valence-electron chi connectivity index (χ0n) is 10.8. The molecule has 0 aliphatic heterocycles. The lowest BCUT2D eigenvalue weighted by Crippen LogP contribution is -2.37. The van der Waals surface area contributed by atoms with Crippen molar-refractivity contribution in [1.82, 2.24) is 20.2 Å². The topological polar surface area (TPSA) is 108 Å². The van der Waals surface area contributed by atoms with Crippen molar-refractivity contribution in [2.45, 2.75) is 6.92 Å². The van der Waals surface area contributed by atoms with Crippen molar-refractivity contribution < 1.29 is 4.79 Å². The van der Waals surface area contributed by atoms with E-state index in [0.717, 1.165) is 5.69 Å². The zero-order chi connectivity index (χ0) is 13.5. The van der Waals surface area contributed by atoms with Crippen molar-refractivity contribution in [1.29, 1.82) is 0 Å². The van der Waals surface area contributed by atoms with Gasteiger partial charge in [0.2, 0.25) is 5.95 Å². The maximum atomic E-state index is 11.2. The molecule has 5 N–H and O–H groups in total. The number of nitrogens with two attached hydrogens (primary N) is 1. The van der Waals surface area contributed by atoms with Gasteiger partial charge in [-0.1, -0.05) is 0 Å². The average molecular weight is 253 g/mol. The van der Waals surface area contributed by atoms with E-state index >= 15 is 0 Å². The van der Waals surface area contributed by atoms with Crippen LogP contribution in [0.25, 0.3) is 0 Å². The number of hydrogen-bond donors (Lipinski definition) is 4. The van der Waals surface area contributed by atoms with Crippen LogP contribution in [0.4, 0.5) is 16.6 Å². The Kier molecular flexibility index (Phi) is 5.12. The molecule has 0 saturated heterocycles. The first-order chi connectivity index (χ1) is 8.52. The Morgan fingerprint density at radius 3 is 2.72 bits per heavy atom. The number of rotatable bonds is 5. The van der Waals surface area contributed by atoms with E-state index in [2.05, 4.69) is 26.0 Å². The summed E-state index contributed by atoms with van der Waals surface area (Å²) in [7, 11) is 3.38. The van der Waals surface area contributed by atoms with Gasteiger partial charge in [-0.2, -0.15) is 4.98 Å². The summed E-state index contributed by atoms with van der Waals surface area (Å²) in [5.41, 5.74) is 3.20. The van der Waals surface area contributed by atoms with Crippen LogP contribution < -0.4 is 21.9 Å². The molecule has 100 valence electrons. The molecule has 0 unspecified atom stereocenters. The van der Waals surface area contributed by atoms with Gasteiger partial charge >= 0.3 is 6.03 Å². The quantitative estimate of drug-likeness (QED) is 0.327. The first kappa shape index (κ1) is 14.0. The third kappa shape index (κ3) is 4.42. The molecule has 0 radical (unpaired) electrons. The van der Waals surface area contributed by atoms with Gasteiger partial charge in [0.1, 0.15) is 5.82 Å². The van der Waals surface area contributed by atoms with Crippen molar-refractivity contribution in [2.75, 3.05) is 37.9 Å². The molecular formula is C10H19N7O. The van der Waals surface area contributed by atoms with E-state index in [1.165, 1.54) is 4.90 Å². The Labute approximate surface area is 106 Å². The lowest BCUT2D eigenvalue weighted by atomic mass is 10.4. The Bertz CT molecular complexity index is 407. The Balaban J connectivity index is 2.39. The van der Waals surface area contributed by atoms with Crippen molar-refractivity contribution in [3.05, 3.63) is 11.8 Å². The van der Waals surface area contributed by atoms with Gasteiger partial charge in [0.05, 0.1) is 0 Å². The number of nitrogens with one attached hydrogen (secondary N) is 3. The molecule has 1 heterocycles. The number of hydrazine groups is 1. The highest BCUT2D eigenvalue weighted by molar-refractivity contribution is 5.73. The fourth-order valence-electron chi connectivity index (χ4n) is 1.24. The number of urea groups is 1. The molecule has 18 heavy (non-hydrogen) atoms. The SMILES string of the molecule is Cc1cc(NCCNC(=O)N(C)C)nc(NN)n1. The monoisotopic (exact) mass is 253 g/mol. The minimum Gasteiger partial charge on any atom is -0.368 e. The molecule has 8 nitrogen and oxygen atoms in total. The number of hydrogen-bond acceptors (Lipinski definition) is 6. The number of amides is 2. The first-order valence-corrected chi connectivity index (χ1v) is 5.54. The van der Waals surface area contributed by atoms with Gasteiger partial charge in [0.25, 0.3) is 0 Å². The molecule has 1 aromatic rings. The summed E-state index contributed by atoms with van der Waals surface area (Å²) in [6, 6.07) is 1.68. The van der Waals surface area contributed by atoms with Crippen molar-refractivity contribution >= 4 is 17.8 Å². The van der Waals surface area contributed by atoms with E-state index in [1.54, 1.807) is 20.2 Å². The van der Waals surface area contributed by atoms with Crippen LogP contribution in [-0.2, 0) is 0 Å². The number of nitrogens with zero attached hydrogens (tertiary/aromatic N) is 3. The molecule has 0 atom stereocenters. The molecule has 0 spiro atoms. The van der Waals surface area contributed by atoms with E-state index in [4.69, 9.17) is 5.84 Å². The van der Waals surface area contributed by atoms with E-state index in [0.29, 0.717) is 24.9 Å². The highest BCUT2D eigenvalue weighted by Crippen LogP contribution is 2.07. The maximum Gasteiger partial charge on any atom is 0.316 e. The summed E-state index contributed by atoms with van der Waals surface area (Å²) < 4.78 is 0. The Morgan fingerprint density at radius 2 is 2.11 bits per heavy atom. The second-order valence-corrected chi connectivity index (χ2v) is 3.92. The molecule has 0 fully saturated rings. The summed E-state index contributed by atoms with van der Waals surface area (Å²) in [6.07, 6.45) is 0. The van der Waals surface area contributed by atoms with Gasteiger partial charge < -0.3 is 15.5 Å². The summed E-state index contributed by atoms with van der Waals surface area (Å²) in [5.74, 6) is 6.27. The summed E-state index contributed by atoms with van der Waals surface area (Å²) in [4.78, 5) is 20.9. The van der Waals surface area contributed by atoms with Crippen LogP contribution in [0.1, 0.15) is 5.69 Å². The minimum atomic E-state index is -0.125. The fraction of sp³-hybridized carbons (Fsp3) is 0.500. The van der Waals surface area contributed by atoms with Crippen molar-refractivity contribution in [3.63, 3.8) is 0 Å². The van der Waals surface area contributed by atoms with Crippen LogP contribution in [0.3, 0.4) is 0 Å². The van der Waals surface area contributed by atoms with Gasteiger partial charge in [0, 0.05) is 38.9 Å². The molecule has 8 heteroatoms. The number of carbonyl (C=O) groups is 1. The van der Waals surface area contributed by atoms with E-state index in [9.17, 15) is 4.79 Å².